The highest BCUT2D eigenvalue weighted by Gasteiger charge is 2.28. The molecule has 1 atom stereocenters. The molecule has 1 unspecified atom stereocenters. The smallest absolute Gasteiger partial charge is 0.170 e. The molecule has 0 radical (unpaired) electrons. The zero-order chi connectivity index (χ0) is 9.71. The molecule has 1 aromatic carbocycles. The Bertz CT molecular complexity index is 491. The Balaban J connectivity index is 2.31. The van der Waals surface area contributed by atoms with Crippen LogP contribution in [0.5, 0.6) is 5.75 Å². The lowest BCUT2D eigenvalue weighted by molar-refractivity contribution is 0.253. The van der Waals surface area contributed by atoms with Gasteiger partial charge in [0.05, 0.1) is 0 Å². The van der Waals surface area contributed by atoms with Crippen molar-refractivity contribution in [2.45, 2.75) is 13.2 Å². The van der Waals surface area contributed by atoms with Gasteiger partial charge in [-0.25, -0.2) is 0 Å². The van der Waals surface area contributed by atoms with Crippen LogP contribution in [0.1, 0.15) is 6.92 Å². The van der Waals surface area contributed by atoms with Crippen LogP contribution >= 0.6 is 11.3 Å². The zero-order valence-corrected chi connectivity index (χ0v) is 8.97. The van der Waals surface area contributed by atoms with Gasteiger partial charge in [0.2, 0.25) is 0 Å². The second kappa shape index (κ2) is 2.64. The first-order chi connectivity index (χ1) is 6.77. The predicted octanol–water partition coefficient (Wildman–Crippen LogP) is 3.08. The molecule has 0 amide bonds. The van der Waals surface area contributed by atoms with E-state index in [0.717, 1.165) is 5.75 Å². The van der Waals surface area contributed by atoms with Crippen LogP contribution in [0.4, 0.5) is 5.00 Å². The Kier molecular flexibility index (Phi) is 1.53. The molecule has 0 spiro atoms. The van der Waals surface area contributed by atoms with E-state index >= 15 is 0 Å². The Hall–Kier alpha value is -1.22. The molecule has 0 N–H and O–H groups in total. The lowest BCUT2D eigenvalue weighted by Crippen LogP contribution is -2.26. The minimum Gasteiger partial charge on any atom is -0.467 e. The Morgan fingerprint density at radius 1 is 1.36 bits per heavy atom. The van der Waals surface area contributed by atoms with Gasteiger partial charge in [0.1, 0.15) is 5.00 Å². The van der Waals surface area contributed by atoms with Crippen molar-refractivity contribution >= 4 is 26.4 Å². The van der Waals surface area contributed by atoms with Crippen LogP contribution in [0.3, 0.4) is 0 Å². The van der Waals surface area contributed by atoms with E-state index in [4.69, 9.17) is 4.74 Å². The molecule has 72 valence electrons. The SMILES string of the molecule is CC1Oc2c(sc3ccccc23)N1C. The van der Waals surface area contributed by atoms with E-state index in [9.17, 15) is 0 Å². The van der Waals surface area contributed by atoms with E-state index in [2.05, 4.69) is 43.1 Å². The number of ether oxygens (including phenoxy) is 1. The lowest BCUT2D eigenvalue weighted by Gasteiger charge is -2.14. The van der Waals surface area contributed by atoms with Gasteiger partial charge in [-0.05, 0) is 19.1 Å². The van der Waals surface area contributed by atoms with Gasteiger partial charge in [-0.15, -0.1) is 11.3 Å². The van der Waals surface area contributed by atoms with E-state index < -0.39 is 0 Å². The third kappa shape index (κ3) is 0.904. The quantitative estimate of drug-likeness (QED) is 0.655. The lowest BCUT2D eigenvalue weighted by atomic mass is 10.2. The molecule has 14 heavy (non-hydrogen) atoms. The van der Waals surface area contributed by atoms with Crippen molar-refractivity contribution in [3.63, 3.8) is 0 Å². The van der Waals surface area contributed by atoms with Gasteiger partial charge in [0, 0.05) is 17.1 Å². The molecule has 0 aliphatic carbocycles. The highest BCUT2D eigenvalue weighted by molar-refractivity contribution is 7.23. The molecule has 0 fully saturated rings. The van der Waals surface area contributed by atoms with Gasteiger partial charge in [-0.1, -0.05) is 12.1 Å². The standard InChI is InChI=1S/C11H11NOS/c1-7-12(2)11-10(13-7)8-5-3-4-6-9(8)14-11/h3-7H,1-2H3. The summed E-state index contributed by atoms with van der Waals surface area (Å²) in [6.07, 6.45) is 0.167. The first kappa shape index (κ1) is 8.12. The van der Waals surface area contributed by atoms with Crippen molar-refractivity contribution in [3.8, 4) is 5.75 Å². The van der Waals surface area contributed by atoms with Crippen LogP contribution in [0.15, 0.2) is 24.3 Å². The average Bonchev–Trinajstić information content (AvgIpc) is 2.67. The van der Waals surface area contributed by atoms with Gasteiger partial charge in [0.25, 0.3) is 0 Å². The fourth-order valence-corrected chi connectivity index (χ4v) is 2.94. The highest BCUT2D eigenvalue weighted by Crippen LogP contribution is 2.48. The fourth-order valence-electron chi connectivity index (χ4n) is 1.77. The van der Waals surface area contributed by atoms with E-state index in [-0.39, 0.29) is 6.23 Å². The molecular formula is C11H11NOS. The number of nitrogens with zero attached hydrogens (tertiary/aromatic N) is 1. The first-order valence-electron chi connectivity index (χ1n) is 4.68. The number of hydrogen-bond acceptors (Lipinski definition) is 3. The molecule has 3 heteroatoms. The molecule has 0 bridgehead atoms. The number of benzene rings is 1. The van der Waals surface area contributed by atoms with Crippen molar-refractivity contribution in [1.82, 2.24) is 0 Å². The van der Waals surface area contributed by atoms with Gasteiger partial charge >= 0.3 is 0 Å². The van der Waals surface area contributed by atoms with Gasteiger partial charge < -0.3 is 9.64 Å². The summed E-state index contributed by atoms with van der Waals surface area (Å²) in [7, 11) is 2.08. The third-order valence-electron chi connectivity index (χ3n) is 2.69. The summed E-state index contributed by atoms with van der Waals surface area (Å²) in [5.41, 5.74) is 0. The maximum Gasteiger partial charge on any atom is 0.170 e. The fraction of sp³-hybridized carbons (Fsp3) is 0.273. The second-order valence-corrected chi connectivity index (χ2v) is 4.59. The summed E-state index contributed by atoms with van der Waals surface area (Å²) in [5, 5.41) is 2.49. The Morgan fingerprint density at radius 2 is 2.14 bits per heavy atom. The monoisotopic (exact) mass is 205 g/mol. The number of fused-ring (bicyclic) bond motifs is 3. The van der Waals surface area contributed by atoms with Crippen LogP contribution in [0.2, 0.25) is 0 Å². The van der Waals surface area contributed by atoms with Crippen LogP contribution in [0.25, 0.3) is 10.1 Å². The molecule has 1 aliphatic rings. The molecule has 0 saturated carbocycles. The predicted molar refractivity (Wildman–Crippen MR) is 60.3 cm³/mol. The molecule has 1 aliphatic heterocycles. The number of hydrogen-bond donors (Lipinski definition) is 0. The van der Waals surface area contributed by atoms with Crippen molar-refractivity contribution in [1.29, 1.82) is 0 Å². The largest absolute Gasteiger partial charge is 0.467 e. The maximum absolute atomic E-state index is 5.81. The molecule has 2 nitrogen and oxygen atoms in total. The van der Waals surface area contributed by atoms with Crippen LogP contribution in [-0.4, -0.2) is 13.3 Å². The molecule has 0 saturated heterocycles. The van der Waals surface area contributed by atoms with Crippen LogP contribution in [-0.2, 0) is 0 Å². The zero-order valence-electron chi connectivity index (χ0n) is 8.15. The minimum atomic E-state index is 0.167. The summed E-state index contributed by atoms with van der Waals surface area (Å²) >= 11 is 1.80. The minimum absolute atomic E-state index is 0.167. The number of rotatable bonds is 0. The number of anilines is 1. The summed E-state index contributed by atoms with van der Waals surface area (Å²) in [6, 6.07) is 8.38. The van der Waals surface area contributed by atoms with Gasteiger partial charge in [0.15, 0.2) is 12.0 Å². The van der Waals surface area contributed by atoms with Crippen LogP contribution < -0.4 is 9.64 Å². The summed E-state index contributed by atoms with van der Waals surface area (Å²) in [6.45, 7) is 2.07. The van der Waals surface area contributed by atoms with Crippen molar-refractivity contribution in [2.75, 3.05) is 11.9 Å². The molecule has 3 rings (SSSR count). The normalized spacial score (nSPS) is 19.9. The summed E-state index contributed by atoms with van der Waals surface area (Å²) < 4.78 is 7.11. The number of thiophene rings is 1. The van der Waals surface area contributed by atoms with Crippen molar-refractivity contribution in [2.24, 2.45) is 0 Å². The van der Waals surface area contributed by atoms with E-state index in [1.165, 1.54) is 15.1 Å². The molecule has 2 heterocycles. The second-order valence-electron chi connectivity index (χ2n) is 3.56. The summed E-state index contributed by atoms with van der Waals surface area (Å²) in [4.78, 5) is 2.18. The van der Waals surface area contributed by atoms with E-state index in [0.29, 0.717) is 0 Å². The summed E-state index contributed by atoms with van der Waals surface area (Å²) in [5.74, 6) is 1.06. The molecule has 2 aromatic rings. The Morgan fingerprint density at radius 3 is 3.00 bits per heavy atom. The van der Waals surface area contributed by atoms with E-state index in [1.807, 2.05) is 0 Å². The van der Waals surface area contributed by atoms with Crippen molar-refractivity contribution in [3.05, 3.63) is 24.3 Å². The van der Waals surface area contributed by atoms with Crippen molar-refractivity contribution < 1.29 is 4.74 Å². The maximum atomic E-state index is 5.81. The first-order valence-corrected chi connectivity index (χ1v) is 5.50. The molecular weight excluding hydrogens is 194 g/mol. The van der Waals surface area contributed by atoms with E-state index in [1.54, 1.807) is 11.3 Å². The Labute approximate surface area is 86.7 Å². The van der Waals surface area contributed by atoms with Gasteiger partial charge in [-0.2, -0.15) is 0 Å². The van der Waals surface area contributed by atoms with Gasteiger partial charge in [-0.3, -0.25) is 0 Å². The molecule has 1 aromatic heterocycles. The highest BCUT2D eigenvalue weighted by atomic mass is 32.1. The average molecular weight is 205 g/mol. The topological polar surface area (TPSA) is 12.5 Å². The van der Waals surface area contributed by atoms with Crippen LogP contribution in [0, 0.1) is 0 Å². The third-order valence-corrected chi connectivity index (χ3v) is 3.93.